The molecule has 8 nitrogen and oxygen atoms in total. The van der Waals surface area contributed by atoms with Gasteiger partial charge in [-0.3, -0.25) is 14.9 Å². The molecule has 3 rings (SSSR count). The van der Waals surface area contributed by atoms with Crippen LogP contribution >= 0.6 is 0 Å². The van der Waals surface area contributed by atoms with Gasteiger partial charge in [0.1, 0.15) is 23.1 Å². The molecule has 0 fully saturated rings. The maximum atomic E-state index is 12.1. The maximum Gasteiger partial charge on any atom is 0.433 e. The number of amides is 1. The molecule has 24 heavy (non-hydrogen) atoms. The molecular weight excluding hydrogens is 316 g/mol. The quantitative estimate of drug-likeness (QED) is 0.548. The third kappa shape index (κ3) is 3.18. The van der Waals surface area contributed by atoms with Gasteiger partial charge >= 0.3 is 5.88 Å². The van der Waals surface area contributed by atoms with E-state index in [0.717, 1.165) is 6.07 Å². The standard InChI is InChI=1S/C16H12N2O6/c19-9-12-4-5-13(23-12)10-2-1-3-11(8-10)17-16(20)14-6-7-15(24-14)18(21)22/h1-8,19H,9H2,(H,17,20). The number of nitrogens with zero attached hydrogens (tertiary/aromatic N) is 1. The average Bonchev–Trinajstić information content (AvgIpc) is 3.24. The van der Waals surface area contributed by atoms with E-state index in [2.05, 4.69) is 5.32 Å². The van der Waals surface area contributed by atoms with Gasteiger partial charge < -0.3 is 19.3 Å². The lowest BCUT2D eigenvalue weighted by Crippen LogP contribution is -2.10. The first kappa shape index (κ1) is 15.5. The van der Waals surface area contributed by atoms with E-state index in [4.69, 9.17) is 13.9 Å². The summed E-state index contributed by atoms with van der Waals surface area (Å²) in [4.78, 5) is 21.9. The van der Waals surface area contributed by atoms with E-state index in [-0.39, 0.29) is 12.4 Å². The summed E-state index contributed by atoms with van der Waals surface area (Å²) in [5.74, 6) is -0.282. The number of aliphatic hydroxyl groups excluding tert-OH is 1. The predicted octanol–water partition coefficient (Wildman–Crippen LogP) is 3.19. The van der Waals surface area contributed by atoms with E-state index in [9.17, 15) is 14.9 Å². The monoisotopic (exact) mass is 328 g/mol. The zero-order chi connectivity index (χ0) is 17.1. The maximum absolute atomic E-state index is 12.1. The van der Waals surface area contributed by atoms with Gasteiger partial charge in [-0.25, -0.2) is 0 Å². The molecule has 2 N–H and O–H groups in total. The second-order valence-electron chi connectivity index (χ2n) is 4.85. The molecule has 0 saturated carbocycles. The SMILES string of the molecule is O=C(Nc1cccc(-c2ccc(CO)o2)c1)c1ccc([N+](=O)[O-])o1. The minimum absolute atomic E-state index is 0.160. The molecule has 2 aromatic heterocycles. The van der Waals surface area contributed by atoms with Crippen molar-refractivity contribution in [3.63, 3.8) is 0 Å². The van der Waals surface area contributed by atoms with Gasteiger partial charge in [-0.05, 0) is 30.3 Å². The molecular formula is C16H12N2O6. The summed E-state index contributed by atoms with van der Waals surface area (Å²) in [7, 11) is 0. The molecule has 1 amide bonds. The average molecular weight is 328 g/mol. The summed E-state index contributed by atoms with van der Waals surface area (Å²) in [6.45, 7) is -0.201. The van der Waals surface area contributed by atoms with Crippen molar-refractivity contribution in [3.8, 4) is 11.3 Å². The first-order chi connectivity index (χ1) is 11.6. The van der Waals surface area contributed by atoms with E-state index in [1.54, 1.807) is 36.4 Å². The molecule has 0 aliphatic rings. The Labute approximate surface area is 135 Å². The lowest BCUT2D eigenvalue weighted by molar-refractivity contribution is -0.402. The van der Waals surface area contributed by atoms with E-state index >= 15 is 0 Å². The second-order valence-corrected chi connectivity index (χ2v) is 4.85. The Kier molecular flexibility index (Phi) is 4.13. The summed E-state index contributed by atoms with van der Waals surface area (Å²) in [5.41, 5.74) is 1.18. The van der Waals surface area contributed by atoms with Gasteiger partial charge in [-0.2, -0.15) is 0 Å². The number of nitrogens with one attached hydrogen (secondary N) is 1. The van der Waals surface area contributed by atoms with E-state index in [1.807, 2.05) is 0 Å². The Balaban J connectivity index is 1.78. The Hall–Kier alpha value is -3.39. The smallest absolute Gasteiger partial charge is 0.433 e. The van der Waals surface area contributed by atoms with Gasteiger partial charge in [0.15, 0.2) is 5.76 Å². The van der Waals surface area contributed by atoms with Crippen molar-refractivity contribution in [2.75, 3.05) is 5.32 Å². The van der Waals surface area contributed by atoms with Crippen molar-refractivity contribution >= 4 is 17.5 Å². The number of carbonyl (C=O) groups is 1. The Morgan fingerprint density at radius 1 is 1.17 bits per heavy atom. The molecule has 0 bridgehead atoms. The zero-order valence-corrected chi connectivity index (χ0v) is 12.3. The summed E-state index contributed by atoms with van der Waals surface area (Å²) in [6.07, 6.45) is 0. The normalized spacial score (nSPS) is 10.5. The third-order valence-electron chi connectivity index (χ3n) is 3.22. The minimum atomic E-state index is -0.715. The number of hydrogen-bond donors (Lipinski definition) is 2. The van der Waals surface area contributed by atoms with Crippen LogP contribution in [0, 0.1) is 10.1 Å². The Morgan fingerprint density at radius 3 is 2.67 bits per heavy atom. The summed E-state index contributed by atoms with van der Waals surface area (Å²) in [5, 5.41) is 22.2. The van der Waals surface area contributed by atoms with Gasteiger partial charge in [0.25, 0.3) is 5.91 Å². The Morgan fingerprint density at radius 2 is 2.00 bits per heavy atom. The van der Waals surface area contributed by atoms with Crippen LogP contribution in [0.15, 0.2) is 57.4 Å². The van der Waals surface area contributed by atoms with Crippen LogP contribution in [0.2, 0.25) is 0 Å². The zero-order valence-electron chi connectivity index (χ0n) is 12.3. The number of furan rings is 2. The second kappa shape index (κ2) is 6.39. The van der Waals surface area contributed by atoms with Crippen LogP contribution in [-0.4, -0.2) is 15.9 Å². The largest absolute Gasteiger partial charge is 0.459 e. The molecule has 0 spiro atoms. The summed E-state index contributed by atoms with van der Waals surface area (Å²) in [6, 6.07) is 12.6. The van der Waals surface area contributed by atoms with Gasteiger partial charge in [0.2, 0.25) is 0 Å². The highest BCUT2D eigenvalue weighted by Gasteiger charge is 2.17. The lowest BCUT2D eigenvalue weighted by Gasteiger charge is -2.05. The van der Waals surface area contributed by atoms with E-state index in [0.29, 0.717) is 22.8 Å². The van der Waals surface area contributed by atoms with Gasteiger partial charge in [0, 0.05) is 11.3 Å². The fourth-order valence-corrected chi connectivity index (χ4v) is 2.11. The lowest BCUT2D eigenvalue weighted by atomic mass is 10.1. The number of anilines is 1. The first-order valence-electron chi connectivity index (χ1n) is 6.92. The van der Waals surface area contributed by atoms with Gasteiger partial charge in [-0.15, -0.1) is 0 Å². The number of hydrogen-bond acceptors (Lipinski definition) is 6. The molecule has 2 heterocycles. The molecule has 3 aromatic rings. The highest BCUT2D eigenvalue weighted by molar-refractivity contribution is 6.02. The predicted molar refractivity (Wildman–Crippen MR) is 83.4 cm³/mol. The van der Waals surface area contributed by atoms with Crippen LogP contribution in [0.4, 0.5) is 11.6 Å². The minimum Gasteiger partial charge on any atom is -0.459 e. The molecule has 0 aliphatic heterocycles. The number of rotatable bonds is 5. The Bertz CT molecular complexity index is 895. The molecule has 0 unspecified atom stereocenters. The van der Waals surface area contributed by atoms with E-state index < -0.39 is 16.7 Å². The molecule has 0 radical (unpaired) electrons. The third-order valence-corrected chi connectivity index (χ3v) is 3.22. The molecule has 8 heteroatoms. The van der Waals surface area contributed by atoms with Crippen molar-refractivity contribution in [1.29, 1.82) is 0 Å². The van der Waals surface area contributed by atoms with Crippen LogP contribution in [-0.2, 0) is 6.61 Å². The highest BCUT2D eigenvalue weighted by atomic mass is 16.6. The van der Waals surface area contributed by atoms with Crippen LogP contribution in [0.1, 0.15) is 16.3 Å². The van der Waals surface area contributed by atoms with Crippen molar-refractivity contribution in [3.05, 3.63) is 70.2 Å². The van der Waals surface area contributed by atoms with E-state index in [1.165, 1.54) is 6.07 Å². The fraction of sp³-hybridized carbons (Fsp3) is 0.0625. The van der Waals surface area contributed by atoms with Crippen LogP contribution in [0.5, 0.6) is 0 Å². The number of nitro groups is 1. The van der Waals surface area contributed by atoms with Crippen LogP contribution in [0.25, 0.3) is 11.3 Å². The van der Waals surface area contributed by atoms with Crippen molar-refractivity contribution < 1.29 is 23.7 Å². The van der Waals surface area contributed by atoms with Crippen LogP contribution < -0.4 is 5.32 Å². The van der Waals surface area contributed by atoms with Crippen LogP contribution in [0.3, 0.4) is 0 Å². The highest BCUT2D eigenvalue weighted by Crippen LogP contribution is 2.25. The summed E-state index contributed by atoms with van der Waals surface area (Å²) < 4.78 is 10.3. The number of benzene rings is 1. The van der Waals surface area contributed by atoms with Crippen molar-refractivity contribution in [2.45, 2.75) is 6.61 Å². The fourth-order valence-electron chi connectivity index (χ4n) is 2.11. The van der Waals surface area contributed by atoms with Gasteiger partial charge in [0.05, 0.1) is 6.07 Å². The van der Waals surface area contributed by atoms with Crippen molar-refractivity contribution in [1.82, 2.24) is 0 Å². The number of aliphatic hydroxyl groups is 1. The topological polar surface area (TPSA) is 119 Å². The molecule has 0 saturated heterocycles. The first-order valence-corrected chi connectivity index (χ1v) is 6.92. The molecule has 0 atom stereocenters. The molecule has 122 valence electrons. The molecule has 1 aromatic carbocycles. The number of carbonyl (C=O) groups excluding carboxylic acids is 1. The molecule has 0 aliphatic carbocycles. The van der Waals surface area contributed by atoms with Gasteiger partial charge in [-0.1, -0.05) is 12.1 Å². The van der Waals surface area contributed by atoms with Crippen molar-refractivity contribution in [2.24, 2.45) is 0 Å². The summed E-state index contributed by atoms with van der Waals surface area (Å²) >= 11 is 0.